The number of methoxy groups -OCH3 is 1. The highest BCUT2D eigenvalue weighted by Gasteiger charge is 2.22. The van der Waals surface area contributed by atoms with Crippen LogP contribution in [0.4, 0.5) is 4.39 Å². The Balaban J connectivity index is 1.75. The van der Waals surface area contributed by atoms with Crippen LogP contribution in [0.5, 0.6) is 0 Å². The number of carbonyl (C=O) groups is 2. The Morgan fingerprint density at radius 2 is 1.77 bits per heavy atom. The van der Waals surface area contributed by atoms with E-state index in [0.29, 0.717) is 11.3 Å². The summed E-state index contributed by atoms with van der Waals surface area (Å²) in [7, 11) is 1.24. The number of nitrogens with one attached hydrogen (secondary N) is 1. The van der Waals surface area contributed by atoms with Gasteiger partial charge in [0.1, 0.15) is 18.4 Å². The highest BCUT2D eigenvalue weighted by atomic mass is 19.1. The van der Waals surface area contributed by atoms with Gasteiger partial charge in [-0.3, -0.25) is 9.59 Å². The number of benzene rings is 2. The van der Waals surface area contributed by atoms with E-state index in [1.165, 1.54) is 43.5 Å². The van der Waals surface area contributed by atoms with Crippen molar-refractivity contribution < 1.29 is 18.7 Å². The minimum absolute atomic E-state index is 0.247. The highest BCUT2D eigenvalue weighted by Crippen LogP contribution is 2.15. The van der Waals surface area contributed by atoms with Crippen molar-refractivity contribution in [3.63, 3.8) is 0 Å². The van der Waals surface area contributed by atoms with Gasteiger partial charge in [-0.05, 0) is 35.9 Å². The average molecular weight is 409 g/mol. The molecule has 1 unspecified atom stereocenters. The lowest BCUT2D eigenvalue weighted by Gasteiger charge is -2.17. The molecule has 2 aromatic carbocycles. The number of carbonyl (C=O) groups excluding carboxylic acids is 2. The third-order valence-corrected chi connectivity index (χ3v) is 4.40. The van der Waals surface area contributed by atoms with E-state index in [2.05, 4.69) is 10.4 Å². The summed E-state index contributed by atoms with van der Waals surface area (Å²) >= 11 is 0. The summed E-state index contributed by atoms with van der Waals surface area (Å²) in [5.41, 5.74) is 1.38. The second-order valence-electron chi connectivity index (χ2n) is 6.55. The lowest BCUT2D eigenvalue weighted by Crippen LogP contribution is -2.45. The van der Waals surface area contributed by atoms with E-state index in [4.69, 9.17) is 4.74 Å². The first-order valence-corrected chi connectivity index (χ1v) is 9.21. The summed E-state index contributed by atoms with van der Waals surface area (Å²) in [6, 6.07) is 16.7. The van der Waals surface area contributed by atoms with Crippen LogP contribution in [-0.4, -0.2) is 34.8 Å². The van der Waals surface area contributed by atoms with Gasteiger partial charge in [-0.25, -0.2) is 13.9 Å². The zero-order valence-corrected chi connectivity index (χ0v) is 16.2. The molecular formula is C22H20FN3O4. The summed E-state index contributed by atoms with van der Waals surface area (Å²) < 4.78 is 18.9. The van der Waals surface area contributed by atoms with Gasteiger partial charge < -0.3 is 10.1 Å². The van der Waals surface area contributed by atoms with Crippen LogP contribution in [0.15, 0.2) is 71.5 Å². The second-order valence-corrected chi connectivity index (χ2v) is 6.55. The summed E-state index contributed by atoms with van der Waals surface area (Å²) in [4.78, 5) is 36.7. The maximum Gasteiger partial charge on any atom is 0.328 e. The summed E-state index contributed by atoms with van der Waals surface area (Å²) in [5.74, 6) is -1.54. The molecule has 0 fully saturated rings. The van der Waals surface area contributed by atoms with Gasteiger partial charge in [-0.2, -0.15) is 5.10 Å². The summed E-state index contributed by atoms with van der Waals surface area (Å²) in [5, 5.41) is 6.77. The number of hydrogen-bond donors (Lipinski definition) is 1. The fourth-order valence-electron chi connectivity index (χ4n) is 2.90. The van der Waals surface area contributed by atoms with Crippen molar-refractivity contribution in [2.75, 3.05) is 7.11 Å². The molecule has 0 bridgehead atoms. The quantitative estimate of drug-likeness (QED) is 0.603. The molecule has 154 valence electrons. The first-order valence-electron chi connectivity index (χ1n) is 9.21. The lowest BCUT2D eigenvalue weighted by molar-refractivity contribution is -0.145. The van der Waals surface area contributed by atoms with Gasteiger partial charge in [0.2, 0.25) is 5.91 Å². The minimum Gasteiger partial charge on any atom is -0.467 e. The van der Waals surface area contributed by atoms with Crippen LogP contribution < -0.4 is 10.9 Å². The van der Waals surface area contributed by atoms with Crippen LogP contribution in [0.1, 0.15) is 5.56 Å². The zero-order chi connectivity index (χ0) is 21.5. The number of halogens is 1. The van der Waals surface area contributed by atoms with Crippen molar-refractivity contribution in [2.45, 2.75) is 19.0 Å². The third kappa shape index (κ3) is 5.38. The van der Waals surface area contributed by atoms with Gasteiger partial charge in [-0.1, -0.05) is 30.3 Å². The van der Waals surface area contributed by atoms with Gasteiger partial charge in [0.15, 0.2) is 0 Å². The third-order valence-electron chi connectivity index (χ3n) is 4.40. The topological polar surface area (TPSA) is 90.3 Å². The SMILES string of the molecule is COC(=O)C(Cc1ccccc1)NC(=O)Cn1nc(-c2ccc(F)cc2)ccc1=O. The molecule has 1 amide bonds. The Bertz CT molecular complexity index is 1080. The fraction of sp³-hybridized carbons (Fsp3) is 0.182. The Kier molecular flexibility index (Phi) is 6.69. The van der Waals surface area contributed by atoms with Gasteiger partial charge in [0.25, 0.3) is 5.56 Å². The van der Waals surface area contributed by atoms with Crippen molar-refractivity contribution in [2.24, 2.45) is 0 Å². The highest BCUT2D eigenvalue weighted by molar-refractivity contribution is 5.84. The molecule has 30 heavy (non-hydrogen) atoms. The van der Waals surface area contributed by atoms with E-state index in [9.17, 15) is 18.8 Å². The molecule has 0 radical (unpaired) electrons. The molecule has 3 aromatic rings. The molecule has 0 saturated heterocycles. The molecule has 0 aliphatic rings. The van der Waals surface area contributed by atoms with Crippen LogP contribution in [0, 0.1) is 5.82 Å². The maximum atomic E-state index is 13.1. The molecule has 1 heterocycles. The van der Waals surface area contributed by atoms with Crippen molar-refractivity contribution >= 4 is 11.9 Å². The van der Waals surface area contributed by atoms with Crippen LogP contribution in [-0.2, 0) is 27.3 Å². The van der Waals surface area contributed by atoms with Crippen molar-refractivity contribution in [1.82, 2.24) is 15.1 Å². The minimum atomic E-state index is -0.902. The molecule has 7 nitrogen and oxygen atoms in total. The molecule has 0 aliphatic heterocycles. The van der Waals surface area contributed by atoms with Crippen LogP contribution >= 0.6 is 0 Å². The molecule has 3 rings (SSSR count). The molecular weight excluding hydrogens is 389 g/mol. The monoisotopic (exact) mass is 409 g/mol. The lowest BCUT2D eigenvalue weighted by atomic mass is 10.1. The molecule has 8 heteroatoms. The number of esters is 1. The predicted molar refractivity (Wildman–Crippen MR) is 108 cm³/mol. The number of aromatic nitrogens is 2. The van der Waals surface area contributed by atoms with E-state index in [1.807, 2.05) is 30.3 Å². The van der Waals surface area contributed by atoms with Crippen molar-refractivity contribution in [3.8, 4) is 11.3 Å². The normalized spacial score (nSPS) is 11.5. The number of hydrogen-bond acceptors (Lipinski definition) is 5. The summed E-state index contributed by atoms with van der Waals surface area (Å²) in [6.07, 6.45) is 0.247. The molecule has 1 atom stereocenters. The maximum absolute atomic E-state index is 13.1. The molecule has 1 aromatic heterocycles. The fourth-order valence-corrected chi connectivity index (χ4v) is 2.90. The number of ether oxygens (including phenoxy) is 1. The van der Waals surface area contributed by atoms with E-state index in [1.54, 1.807) is 0 Å². The van der Waals surface area contributed by atoms with E-state index >= 15 is 0 Å². The van der Waals surface area contributed by atoms with Gasteiger partial charge >= 0.3 is 5.97 Å². The standard InChI is InChI=1S/C22H20FN3O4/c1-30-22(29)19(13-15-5-3-2-4-6-15)24-20(27)14-26-21(28)12-11-18(25-26)16-7-9-17(23)10-8-16/h2-12,19H,13-14H2,1H3,(H,24,27). The molecule has 0 spiro atoms. The Morgan fingerprint density at radius 1 is 1.07 bits per heavy atom. The smallest absolute Gasteiger partial charge is 0.328 e. The van der Waals surface area contributed by atoms with Gasteiger partial charge in [-0.15, -0.1) is 0 Å². The largest absolute Gasteiger partial charge is 0.467 e. The number of amides is 1. The first kappa shape index (κ1) is 20.9. The number of rotatable bonds is 7. The van der Waals surface area contributed by atoms with E-state index in [-0.39, 0.29) is 13.0 Å². The van der Waals surface area contributed by atoms with Gasteiger partial charge in [0.05, 0.1) is 12.8 Å². The van der Waals surface area contributed by atoms with Crippen molar-refractivity contribution in [1.29, 1.82) is 0 Å². The molecule has 0 saturated carbocycles. The average Bonchev–Trinajstić information content (AvgIpc) is 2.75. The predicted octanol–water partition coefficient (Wildman–Crippen LogP) is 1.95. The molecule has 0 aliphatic carbocycles. The van der Waals surface area contributed by atoms with E-state index in [0.717, 1.165) is 10.2 Å². The van der Waals surface area contributed by atoms with Crippen LogP contribution in [0.3, 0.4) is 0 Å². The Hall–Kier alpha value is -3.81. The van der Waals surface area contributed by atoms with Crippen molar-refractivity contribution in [3.05, 3.63) is 88.5 Å². The second kappa shape index (κ2) is 9.60. The summed E-state index contributed by atoms with van der Waals surface area (Å²) in [6.45, 7) is -0.379. The van der Waals surface area contributed by atoms with Crippen LogP contribution in [0.2, 0.25) is 0 Å². The van der Waals surface area contributed by atoms with E-state index < -0.39 is 29.3 Å². The van der Waals surface area contributed by atoms with Crippen LogP contribution in [0.25, 0.3) is 11.3 Å². The first-order chi connectivity index (χ1) is 14.5. The number of nitrogens with zero attached hydrogens (tertiary/aromatic N) is 2. The Morgan fingerprint density at radius 3 is 2.43 bits per heavy atom. The van der Waals surface area contributed by atoms with Gasteiger partial charge in [0, 0.05) is 18.1 Å². The Labute approximate surface area is 172 Å². The zero-order valence-electron chi connectivity index (χ0n) is 16.2. The molecule has 1 N–H and O–H groups in total.